The summed E-state index contributed by atoms with van der Waals surface area (Å²) < 4.78 is 1.87. The van der Waals surface area contributed by atoms with E-state index in [0.717, 1.165) is 23.4 Å². The molecule has 0 atom stereocenters. The number of aromatic nitrogens is 2. The second-order valence-electron chi connectivity index (χ2n) is 4.56. The smallest absolute Gasteiger partial charge is 0.163 e. The molecule has 0 aliphatic heterocycles. The number of hydrogen-bond acceptors (Lipinski definition) is 2. The Bertz CT molecular complexity index is 555. The summed E-state index contributed by atoms with van der Waals surface area (Å²) in [5, 5.41) is 4.37. The van der Waals surface area contributed by atoms with Gasteiger partial charge in [0.05, 0.1) is 5.69 Å². The van der Waals surface area contributed by atoms with Gasteiger partial charge in [0.25, 0.3) is 0 Å². The lowest BCUT2D eigenvalue weighted by atomic mass is 10.0. The zero-order valence-electron chi connectivity index (χ0n) is 11.1. The molecule has 0 radical (unpaired) electrons. The first-order valence-electron chi connectivity index (χ1n) is 6.17. The molecule has 0 aliphatic rings. The Morgan fingerprint density at radius 1 is 1.22 bits per heavy atom. The van der Waals surface area contributed by atoms with Crippen LogP contribution in [0.4, 0.5) is 0 Å². The van der Waals surface area contributed by atoms with Gasteiger partial charge in [0, 0.05) is 24.7 Å². The lowest BCUT2D eigenvalue weighted by molar-refractivity contribution is 0.0983. The zero-order valence-corrected chi connectivity index (χ0v) is 11.1. The summed E-state index contributed by atoms with van der Waals surface area (Å²) in [4.78, 5) is 12.0. The second-order valence-corrected chi connectivity index (χ2v) is 4.56. The number of aryl methyl sites for hydroxylation is 2. The summed E-state index contributed by atoms with van der Waals surface area (Å²) in [6, 6.07) is 9.45. The highest BCUT2D eigenvalue weighted by Crippen LogP contribution is 2.15. The monoisotopic (exact) mass is 242 g/mol. The number of Topliss-reactive ketones (excluding diaryl/α,β-unsaturated/α-hetero) is 1. The first kappa shape index (κ1) is 12.6. The molecule has 3 nitrogen and oxygen atoms in total. The van der Waals surface area contributed by atoms with Crippen LogP contribution in [0.3, 0.4) is 0 Å². The van der Waals surface area contributed by atoms with Gasteiger partial charge in [0.2, 0.25) is 0 Å². The van der Waals surface area contributed by atoms with Gasteiger partial charge in [-0.3, -0.25) is 9.48 Å². The maximum absolute atomic E-state index is 12.0. The molecule has 0 fully saturated rings. The number of ketones is 1. The van der Waals surface area contributed by atoms with Crippen LogP contribution in [0.2, 0.25) is 0 Å². The molecule has 0 amide bonds. The average Bonchev–Trinajstić information content (AvgIpc) is 2.62. The molecule has 0 N–H and O–H groups in total. The minimum absolute atomic E-state index is 0.193. The summed E-state index contributed by atoms with van der Waals surface area (Å²) in [6.07, 6.45) is 1.30. The van der Waals surface area contributed by atoms with Crippen molar-refractivity contribution >= 4 is 5.78 Å². The van der Waals surface area contributed by atoms with Gasteiger partial charge in [0.15, 0.2) is 5.78 Å². The van der Waals surface area contributed by atoms with E-state index in [2.05, 4.69) is 5.10 Å². The molecule has 2 aromatic rings. The Labute approximate surface area is 107 Å². The van der Waals surface area contributed by atoms with E-state index in [1.54, 1.807) is 0 Å². The van der Waals surface area contributed by atoms with Crippen molar-refractivity contribution in [3.8, 4) is 0 Å². The number of carbonyl (C=O) groups excluding carboxylic acids is 1. The predicted molar refractivity (Wildman–Crippen MR) is 71.8 cm³/mol. The van der Waals surface area contributed by atoms with Gasteiger partial charge in [-0.15, -0.1) is 0 Å². The fourth-order valence-corrected chi connectivity index (χ4v) is 2.19. The number of benzene rings is 1. The van der Waals surface area contributed by atoms with Gasteiger partial charge in [-0.2, -0.15) is 5.10 Å². The Morgan fingerprint density at radius 3 is 2.44 bits per heavy atom. The largest absolute Gasteiger partial charge is 0.294 e. The third kappa shape index (κ3) is 2.50. The van der Waals surface area contributed by atoms with E-state index < -0.39 is 0 Å². The fraction of sp³-hybridized carbons (Fsp3) is 0.333. The van der Waals surface area contributed by atoms with Crippen LogP contribution < -0.4 is 0 Å². The van der Waals surface area contributed by atoms with Gasteiger partial charge in [-0.25, -0.2) is 0 Å². The van der Waals surface area contributed by atoms with Crippen LogP contribution in [0.25, 0.3) is 0 Å². The third-order valence-corrected chi connectivity index (χ3v) is 3.36. The Morgan fingerprint density at radius 2 is 1.89 bits per heavy atom. The van der Waals surface area contributed by atoms with Gasteiger partial charge in [-0.1, -0.05) is 30.3 Å². The van der Waals surface area contributed by atoms with Gasteiger partial charge >= 0.3 is 0 Å². The van der Waals surface area contributed by atoms with Crippen molar-refractivity contribution in [1.29, 1.82) is 0 Å². The van der Waals surface area contributed by atoms with Crippen molar-refractivity contribution in [2.75, 3.05) is 0 Å². The highest BCUT2D eigenvalue weighted by atomic mass is 16.1. The van der Waals surface area contributed by atoms with E-state index in [-0.39, 0.29) is 5.78 Å². The maximum atomic E-state index is 12.0. The van der Waals surface area contributed by atoms with Crippen LogP contribution in [-0.4, -0.2) is 15.6 Å². The van der Waals surface area contributed by atoms with Crippen molar-refractivity contribution in [3.63, 3.8) is 0 Å². The number of rotatable bonds is 4. The van der Waals surface area contributed by atoms with E-state index in [9.17, 15) is 4.79 Å². The van der Waals surface area contributed by atoms with E-state index >= 15 is 0 Å². The molecule has 1 heterocycles. The predicted octanol–water partition coefficient (Wildman–Crippen LogP) is 2.85. The molecule has 0 saturated carbocycles. The van der Waals surface area contributed by atoms with Gasteiger partial charge < -0.3 is 0 Å². The summed E-state index contributed by atoms with van der Waals surface area (Å²) in [7, 11) is 1.94. The molecule has 2 rings (SSSR count). The normalized spacial score (nSPS) is 10.6. The minimum Gasteiger partial charge on any atom is -0.294 e. The second kappa shape index (κ2) is 5.17. The Hall–Kier alpha value is -1.90. The highest BCUT2D eigenvalue weighted by molar-refractivity contribution is 5.96. The van der Waals surface area contributed by atoms with Crippen LogP contribution in [-0.2, 0) is 13.5 Å². The lowest BCUT2D eigenvalue weighted by Crippen LogP contribution is -2.02. The van der Waals surface area contributed by atoms with Crippen molar-refractivity contribution < 1.29 is 4.79 Å². The molecule has 0 saturated heterocycles. The molecule has 0 bridgehead atoms. The topological polar surface area (TPSA) is 34.9 Å². The maximum Gasteiger partial charge on any atom is 0.163 e. The van der Waals surface area contributed by atoms with Crippen LogP contribution in [0.15, 0.2) is 30.3 Å². The molecule has 1 aromatic carbocycles. The van der Waals surface area contributed by atoms with Crippen molar-refractivity contribution in [2.45, 2.75) is 26.7 Å². The highest BCUT2D eigenvalue weighted by Gasteiger charge is 2.12. The average molecular weight is 242 g/mol. The van der Waals surface area contributed by atoms with Crippen LogP contribution in [0, 0.1) is 13.8 Å². The molecular formula is C15H18N2O. The third-order valence-electron chi connectivity index (χ3n) is 3.36. The summed E-state index contributed by atoms with van der Waals surface area (Å²) in [6.45, 7) is 4.04. The summed E-state index contributed by atoms with van der Waals surface area (Å²) >= 11 is 0. The summed E-state index contributed by atoms with van der Waals surface area (Å²) in [5.74, 6) is 0.193. The van der Waals surface area contributed by atoms with Crippen molar-refractivity contribution in [1.82, 2.24) is 9.78 Å². The van der Waals surface area contributed by atoms with E-state index in [1.165, 1.54) is 5.56 Å². The molecule has 0 aliphatic carbocycles. The standard InChI is InChI=1S/C15H18N2O/c1-11-14(12(2)17(3)16-11)9-10-15(18)13-7-5-4-6-8-13/h4-8H,9-10H2,1-3H3. The summed E-state index contributed by atoms with van der Waals surface area (Å²) in [5.41, 5.74) is 4.16. The fourth-order valence-electron chi connectivity index (χ4n) is 2.19. The minimum atomic E-state index is 0.193. The van der Waals surface area contributed by atoms with Crippen LogP contribution in [0.1, 0.15) is 33.7 Å². The lowest BCUT2D eigenvalue weighted by Gasteiger charge is -2.02. The zero-order chi connectivity index (χ0) is 13.1. The Kier molecular flexibility index (Phi) is 3.60. The molecule has 3 heteroatoms. The van der Waals surface area contributed by atoms with Gasteiger partial charge in [-0.05, 0) is 25.8 Å². The molecule has 0 unspecified atom stereocenters. The van der Waals surface area contributed by atoms with E-state index in [0.29, 0.717) is 6.42 Å². The molecule has 94 valence electrons. The molecule has 0 spiro atoms. The van der Waals surface area contributed by atoms with Gasteiger partial charge in [0.1, 0.15) is 0 Å². The number of nitrogens with zero attached hydrogens (tertiary/aromatic N) is 2. The first-order valence-corrected chi connectivity index (χ1v) is 6.17. The SMILES string of the molecule is Cc1nn(C)c(C)c1CCC(=O)c1ccccc1. The number of hydrogen-bond donors (Lipinski definition) is 0. The van der Waals surface area contributed by atoms with Crippen LogP contribution >= 0.6 is 0 Å². The van der Waals surface area contributed by atoms with Crippen molar-refractivity contribution in [3.05, 3.63) is 52.8 Å². The van der Waals surface area contributed by atoms with E-state index in [1.807, 2.05) is 55.9 Å². The van der Waals surface area contributed by atoms with E-state index in [4.69, 9.17) is 0 Å². The van der Waals surface area contributed by atoms with Crippen LogP contribution in [0.5, 0.6) is 0 Å². The quantitative estimate of drug-likeness (QED) is 0.773. The number of carbonyl (C=O) groups is 1. The van der Waals surface area contributed by atoms with Crippen molar-refractivity contribution in [2.24, 2.45) is 7.05 Å². The molecule has 1 aromatic heterocycles. The molecule has 18 heavy (non-hydrogen) atoms. The molecular weight excluding hydrogens is 224 g/mol. The Balaban J connectivity index is 2.06. The first-order chi connectivity index (χ1) is 8.59.